The lowest BCUT2D eigenvalue weighted by atomic mass is 10.0. The zero-order chi connectivity index (χ0) is 18.1. The molecule has 26 heavy (non-hydrogen) atoms. The minimum absolute atomic E-state index is 0.168. The second-order valence-electron chi connectivity index (χ2n) is 6.15. The lowest BCUT2D eigenvalue weighted by molar-refractivity contribution is 0.102. The molecule has 4 aromatic rings. The van der Waals surface area contributed by atoms with Crippen LogP contribution in [-0.4, -0.2) is 15.9 Å². The van der Waals surface area contributed by atoms with Crippen LogP contribution in [0.15, 0.2) is 60.7 Å². The van der Waals surface area contributed by atoms with E-state index in [0.29, 0.717) is 16.3 Å². The van der Waals surface area contributed by atoms with Crippen LogP contribution in [0.5, 0.6) is 0 Å². The molecule has 4 nitrogen and oxygen atoms in total. The second-order valence-corrected chi connectivity index (χ2v) is 7.15. The maximum atomic E-state index is 12.5. The highest BCUT2D eigenvalue weighted by atomic mass is 32.1. The normalized spacial score (nSPS) is 10.8. The predicted molar refractivity (Wildman–Crippen MR) is 107 cm³/mol. The molecule has 2 aromatic carbocycles. The Balaban J connectivity index is 1.56. The van der Waals surface area contributed by atoms with Crippen molar-refractivity contribution in [3.05, 3.63) is 77.5 Å². The largest absolute Gasteiger partial charge is 0.298 e. The summed E-state index contributed by atoms with van der Waals surface area (Å²) in [6.45, 7) is 3.97. The fourth-order valence-electron chi connectivity index (χ4n) is 2.89. The average molecular weight is 359 g/mol. The zero-order valence-electron chi connectivity index (χ0n) is 14.5. The lowest BCUT2D eigenvalue weighted by Gasteiger charge is -2.04. The Bertz CT molecular complexity index is 1090. The summed E-state index contributed by atoms with van der Waals surface area (Å²) in [5, 5.41) is 3.45. The standard InChI is InChI=1S/C21H17N3OS/c1-13-12-14(2)22-19-18(13)26-21(23-19)24-20(25)17-10-8-16(9-11-17)15-6-4-3-5-7-15/h3-12H,1-2H3,(H,22,23,24,25). The Labute approximate surface area is 155 Å². The van der Waals surface area contributed by atoms with Gasteiger partial charge in [-0.25, -0.2) is 4.98 Å². The average Bonchev–Trinajstić information content (AvgIpc) is 3.05. The third-order valence-corrected chi connectivity index (χ3v) is 5.25. The molecule has 0 bridgehead atoms. The van der Waals surface area contributed by atoms with Crippen LogP contribution >= 0.6 is 11.3 Å². The first kappa shape index (κ1) is 16.4. The molecule has 0 aliphatic carbocycles. The molecule has 0 unspecified atom stereocenters. The summed E-state index contributed by atoms with van der Waals surface area (Å²) >= 11 is 1.45. The van der Waals surface area contributed by atoms with E-state index in [9.17, 15) is 4.79 Å². The molecule has 0 aliphatic heterocycles. The number of thiazole rings is 1. The molecule has 2 aromatic heterocycles. The van der Waals surface area contributed by atoms with Gasteiger partial charge in [0, 0.05) is 11.3 Å². The number of nitrogens with one attached hydrogen (secondary N) is 1. The van der Waals surface area contributed by atoms with Crippen LogP contribution in [0.1, 0.15) is 21.6 Å². The summed E-state index contributed by atoms with van der Waals surface area (Å²) in [5.41, 5.74) is 5.54. The lowest BCUT2D eigenvalue weighted by Crippen LogP contribution is -2.11. The van der Waals surface area contributed by atoms with Crippen molar-refractivity contribution in [2.75, 3.05) is 5.32 Å². The van der Waals surface area contributed by atoms with Gasteiger partial charge in [0.25, 0.3) is 5.91 Å². The van der Waals surface area contributed by atoms with E-state index in [0.717, 1.165) is 27.1 Å². The van der Waals surface area contributed by atoms with Crippen LogP contribution in [0.2, 0.25) is 0 Å². The Hall–Kier alpha value is -3.05. The van der Waals surface area contributed by atoms with E-state index in [-0.39, 0.29) is 5.91 Å². The molecule has 0 saturated heterocycles. The van der Waals surface area contributed by atoms with Crippen molar-refractivity contribution in [1.82, 2.24) is 9.97 Å². The maximum Gasteiger partial charge on any atom is 0.257 e. The number of carbonyl (C=O) groups excluding carboxylic acids is 1. The van der Waals surface area contributed by atoms with Crippen molar-refractivity contribution in [1.29, 1.82) is 0 Å². The summed E-state index contributed by atoms with van der Waals surface area (Å²) in [7, 11) is 0. The Morgan fingerprint density at radius 3 is 2.35 bits per heavy atom. The number of hydrogen-bond acceptors (Lipinski definition) is 4. The van der Waals surface area contributed by atoms with Gasteiger partial charge in [0.2, 0.25) is 0 Å². The molecule has 0 spiro atoms. The predicted octanol–water partition coefficient (Wildman–Crippen LogP) is 5.23. The number of hydrogen-bond donors (Lipinski definition) is 1. The Kier molecular flexibility index (Phi) is 4.22. The molecule has 1 N–H and O–H groups in total. The number of fused-ring (bicyclic) bond motifs is 1. The van der Waals surface area contributed by atoms with E-state index >= 15 is 0 Å². The first-order valence-corrected chi connectivity index (χ1v) is 9.13. The fraction of sp³-hybridized carbons (Fsp3) is 0.0952. The van der Waals surface area contributed by atoms with E-state index < -0.39 is 0 Å². The van der Waals surface area contributed by atoms with Crippen LogP contribution in [0.4, 0.5) is 5.13 Å². The highest BCUT2D eigenvalue weighted by Gasteiger charge is 2.12. The van der Waals surface area contributed by atoms with Gasteiger partial charge in [-0.05, 0) is 48.7 Å². The summed E-state index contributed by atoms with van der Waals surface area (Å²) in [6, 6.07) is 19.7. The van der Waals surface area contributed by atoms with Crippen LogP contribution in [0, 0.1) is 13.8 Å². The smallest absolute Gasteiger partial charge is 0.257 e. The number of nitrogens with zero attached hydrogens (tertiary/aromatic N) is 2. The summed E-state index contributed by atoms with van der Waals surface area (Å²) in [4.78, 5) is 21.4. The van der Waals surface area contributed by atoms with Gasteiger partial charge in [0.05, 0.1) is 4.70 Å². The van der Waals surface area contributed by atoms with Crippen LogP contribution in [-0.2, 0) is 0 Å². The van der Waals surface area contributed by atoms with Gasteiger partial charge in [0.15, 0.2) is 10.8 Å². The quantitative estimate of drug-likeness (QED) is 0.545. The van der Waals surface area contributed by atoms with Gasteiger partial charge in [-0.3, -0.25) is 10.1 Å². The van der Waals surface area contributed by atoms with E-state index in [1.165, 1.54) is 11.3 Å². The van der Waals surface area contributed by atoms with Crippen molar-refractivity contribution in [2.24, 2.45) is 0 Å². The first-order chi connectivity index (χ1) is 12.6. The van der Waals surface area contributed by atoms with Crippen molar-refractivity contribution < 1.29 is 4.79 Å². The van der Waals surface area contributed by atoms with Gasteiger partial charge < -0.3 is 0 Å². The number of anilines is 1. The van der Waals surface area contributed by atoms with E-state index in [2.05, 4.69) is 15.3 Å². The topological polar surface area (TPSA) is 54.9 Å². The number of carbonyl (C=O) groups is 1. The molecular formula is C21H17N3OS. The Morgan fingerprint density at radius 1 is 0.923 bits per heavy atom. The monoisotopic (exact) mass is 359 g/mol. The molecule has 0 atom stereocenters. The van der Waals surface area contributed by atoms with Gasteiger partial charge >= 0.3 is 0 Å². The molecule has 0 fully saturated rings. The molecule has 0 radical (unpaired) electrons. The number of benzene rings is 2. The van der Waals surface area contributed by atoms with Crippen molar-refractivity contribution in [3.63, 3.8) is 0 Å². The zero-order valence-corrected chi connectivity index (χ0v) is 15.3. The SMILES string of the molecule is Cc1cc(C)c2sc(NC(=O)c3ccc(-c4ccccc4)cc3)nc2n1. The minimum Gasteiger partial charge on any atom is -0.298 e. The molecular weight excluding hydrogens is 342 g/mol. The molecule has 4 rings (SSSR count). The van der Waals surface area contributed by atoms with Crippen LogP contribution < -0.4 is 5.32 Å². The second kappa shape index (κ2) is 6.69. The first-order valence-electron chi connectivity index (χ1n) is 8.32. The summed E-state index contributed by atoms with van der Waals surface area (Å²) in [6.07, 6.45) is 0. The van der Waals surface area contributed by atoms with Crippen molar-refractivity contribution in [3.8, 4) is 11.1 Å². The number of aryl methyl sites for hydroxylation is 2. The summed E-state index contributed by atoms with van der Waals surface area (Å²) < 4.78 is 1.00. The van der Waals surface area contributed by atoms with Gasteiger partial charge in [-0.2, -0.15) is 4.98 Å². The van der Waals surface area contributed by atoms with Gasteiger partial charge in [0.1, 0.15) is 0 Å². The number of pyridine rings is 1. The molecule has 128 valence electrons. The molecule has 5 heteroatoms. The van der Waals surface area contributed by atoms with Crippen molar-refractivity contribution >= 4 is 32.7 Å². The fourth-order valence-corrected chi connectivity index (χ4v) is 3.76. The molecule has 2 heterocycles. The van der Waals surface area contributed by atoms with Crippen LogP contribution in [0.25, 0.3) is 21.5 Å². The number of aromatic nitrogens is 2. The number of amides is 1. The highest BCUT2D eigenvalue weighted by Crippen LogP contribution is 2.28. The molecule has 0 saturated carbocycles. The third-order valence-electron chi connectivity index (χ3n) is 4.15. The maximum absolute atomic E-state index is 12.5. The van der Waals surface area contributed by atoms with Crippen LogP contribution in [0.3, 0.4) is 0 Å². The highest BCUT2D eigenvalue weighted by molar-refractivity contribution is 7.22. The van der Waals surface area contributed by atoms with Gasteiger partial charge in [-0.1, -0.05) is 53.8 Å². The van der Waals surface area contributed by atoms with E-state index in [1.54, 1.807) is 0 Å². The van der Waals surface area contributed by atoms with Crippen molar-refractivity contribution in [2.45, 2.75) is 13.8 Å². The minimum atomic E-state index is -0.168. The summed E-state index contributed by atoms with van der Waals surface area (Å²) in [5.74, 6) is -0.168. The van der Waals surface area contributed by atoms with E-state index in [1.807, 2.05) is 74.5 Å². The third kappa shape index (κ3) is 3.21. The Morgan fingerprint density at radius 2 is 1.62 bits per heavy atom. The van der Waals surface area contributed by atoms with Gasteiger partial charge in [-0.15, -0.1) is 0 Å². The number of rotatable bonds is 3. The molecule has 1 amide bonds. The van der Waals surface area contributed by atoms with E-state index in [4.69, 9.17) is 0 Å². The molecule has 0 aliphatic rings.